The van der Waals surface area contributed by atoms with E-state index in [4.69, 9.17) is 4.74 Å². The summed E-state index contributed by atoms with van der Waals surface area (Å²) in [6.07, 6.45) is 3.42. The van der Waals surface area contributed by atoms with Crippen LogP contribution in [0.1, 0.15) is 47.5 Å². The first-order valence-corrected chi connectivity index (χ1v) is 8.25. The Morgan fingerprint density at radius 1 is 1.40 bits per heavy atom. The lowest BCUT2D eigenvalue weighted by Gasteiger charge is -2.31. The molecule has 2 fully saturated rings. The third kappa shape index (κ3) is 4.23. The first-order chi connectivity index (χ1) is 11.6. The first kappa shape index (κ1) is 19.5. The minimum atomic E-state index is -0.687. The SMILES string of the molecule is COC(=O)c1cc(C2CC2)c(OCC2(C#N)CCNCC2)cc1F.Cl. The molecule has 7 heteroatoms. The molecule has 5 nitrogen and oxygen atoms in total. The van der Waals surface area contributed by atoms with Crippen LogP contribution in [0.5, 0.6) is 5.75 Å². The number of esters is 1. The highest BCUT2D eigenvalue weighted by molar-refractivity contribution is 5.90. The number of hydrogen-bond donors (Lipinski definition) is 1. The van der Waals surface area contributed by atoms with Crippen molar-refractivity contribution in [1.82, 2.24) is 5.32 Å². The molecule has 1 saturated carbocycles. The van der Waals surface area contributed by atoms with E-state index in [0.717, 1.165) is 31.5 Å². The van der Waals surface area contributed by atoms with Crippen LogP contribution in [-0.2, 0) is 4.74 Å². The van der Waals surface area contributed by atoms with Crippen molar-refractivity contribution in [3.8, 4) is 11.8 Å². The lowest BCUT2D eigenvalue weighted by molar-refractivity contribution is 0.0595. The van der Waals surface area contributed by atoms with Crippen molar-refractivity contribution in [2.45, 2.75) is 31.6 Å². The zero-order valence-corrected chi connectivity index (χ0v) is 15.0. The topological polar surface area (TPSA) is 71.3 Å². The number of carbonyl (C=O) groups is 1. The fourth-order valence-corrected chi connectivity index (χ4v) is 3.09. The second-order valence-corrected chi connectivity index (χ2v) is 6.57. The summed E-state index contributed by atoms with van der Waals surface area (Å²) < 4.78 is 24.7. The van der Waals surface area contributed by atoms with E-state index < -0.39 is 17.2 Å². The third-order valence-electron chi connectivity index (χ3n) is 4.82. The van der Waals surface area contributed by atoms with Crippen molar-refractivity contribution in [3.63, 3.8) is 0 Å². The second-order valence-electron chi connectivity index (χ2n) is 6.57. The van der Waals surface area contributed by atoms with E-state index in [9.17, 15) is 14.4 Å². The Bertz CT molecular complexity index is 680. The number of benzene rings is 1. The van der Waals surface area contributed by atoms with E-state index in [2.05, 4.69) is 16.1 Å². The number of carbonyl (C=O) groups excluding carboxylic acids is 1. The van der Waals surface area contributed by atoms with Crippen LogP contribution < -0.4 is 10.1 Å². The molecule has 1 aromatic rings. The molecule has 0 bridgehead atoms. The molecule has 0 aromatic heterocycles. The van der Waals surface area contributed by atoms with Gasteiger partial charge in [0.25, 0.3) is 0 Å². The largest absolute Gasteiger partial charge is 0.492 e. The lowest BCUT2D eigenvalue weighted by Crippen LogP contribution is -2.39. The maximum Gasteiger partial charge on any atom is 0.340 e. The quantitative estimate of drug-likeness (QED) is 0.808. The minimum absolute atomic E-state index is 0. The Labute approximate surface area is 152 Å². The van der Waals surface area contributed by atoms with Gasteiger partial charge in [-0.3, -0.25) is 0 Å². The molecule has 0 unspecified atom stereocenters. The van der Waals surface area contributed by atoms with Gasteiger partial charge in [-0.1, -0.05) is 0 Å². The van der Waals surface area contributed by atoms with Crippen LogP contribution in [0.25, 0.3) is 0 Å². The molecule has 2 aliphatic rings. The summed E-state index contributed by atoms with van der Waals surface area (Å²) in [5.74, 6) is -0.615. The van der Waals surface area contributed by atoms with Crippen LogP contribution in [0.3, 0.4) is 0 Å². The molecule has 1 N–H and O–H groups in total. The van der Waals surface area contributed by atoms with Gasteiger partial charge in [0.1, 0.15) is 18.2 Å². The highest BCUT2D eigenvalue weighted by Crippen LogP contribution is 2.45. The molecule has 25 heavy (non-hydrogen) atoms. The van der Waals surface area contributed by atoms with Gasteiger partial charge in [-0.2, -0.15) is 5.26 Å². The van der Waals surface area contributed by atoms with Gasteiger partial charge in [0.15, 0.2) is 0 Å². The van der Waals surface area contributed by atoms with E-state index in [0.29, 0.717) is 18.6 Å². The maximum atomic E-state index is 14.2. The van der Waals surface area contributed by atoms with E-state index in [-0.39, 0.29) is 30.5 Å². The normalized spacial score (nSPS) is 18.6. The molecule has 0 spiro atoms. The Balaban J connectivity index is 0.00000225. The van der Waals surface area contributed by atoms with Crippen LogP contribution in [0, 0.1) is 22.6 Å². The number of rotatable bonds is 5. The molecule has 1 saturated heterocycles. The molecule has 3 rings (SSSR count). The van der Waals surface area contributed by atoms with Crippen molar-refractivity contribution in [3.05, 3.63) is 29.1 Å². The monoisotopic (exact) mass is 368 g/mol. The van der Waals surface area contributed by atoms with E-state index >= 15 is 0 Å². The highest BCUT2D eigenvalue weighted by atomic mass is 35.5. The summed E-state index contributed by atoms with van der Waals surface area (Å²) in [6, 6.07) is 5.17. The van der Waals surface area contributed by atoms with Crippen LogP contribution in [0.15, 0.2) is 12.1 Å². The predicted molar refractivity (Wildman–Crippen MR) is 92.6 cm³/mol. The first-order valence-electron chi connectivity index (χ1n) is 8.25. The standard InChI is InChI=1S/C18H21FN2O3.ClH/c1-23-17(22)14-8-13(12-2-3-12)16(9-15(14)19)24-11-18(10-20)4-6-21-7-5-18;/h8-9,12,21H,2-7,11H2,1H3;1H. The molecule has 0 atom stereocenters. The second kappa shape index (κ2) is 8.03. The van der Waals surface area contributed by atoms with Crippen molar-refractivity contribution in [1.29, 1.82) is 5.26 Å². The number of methoxy groups -OCH3 is 1. The van der Waals surface area contributed by atoms with Crippen LogP contribution >= 0.6 is 12.4 Å². The number of halogens is 2. The molecule has 1 aliphatic carbocycles. The van der Waals surface area contributed by atoms with Crippen molar-refractivity contribution >= 4 is 18.4 Å². The Morgan fingerprint density at radius 3 is 2.64 bits per heavy atom. The molecule has 0 radical (unpaired) electrons. The third-order valence-corrected chi connectivity index (χ3v) is 4.82. The summed E-state index contributed by atoms with van der Waals surface area (Å²) >= 11 is 0. The molecular weight excluding hydrogens is 347 g/mol. The van der Waals surface area contributed by atoms with E-state index in [1.54, 1.807) is 0 Å². The summed E-state index contributed by atoms with van der Waals surface area (Å²) in [5, 5.41) is 12.7. The zero-order chi connectivity index (χ0) is 17.2. The lowest BCUT2D eigenvalue weighted by atomic mass is 9.81. The maximum absolute atomic E-state index is 14.2. The smallest absolute Gasteiger partial charge is 0.340 e. The van der Waals surface area contributed by atoms with Crippen molar-refractivity contribution in [2.24, 2.45) is 5.41 Å². The van der Waals surface area contributed by atoms with Gasteiger partial charge in [-0.05, 0) is 56.3 Å². The molecule has 1 aromatic carbocycles. The van der Waals surface area contributed by atoms with Gasteiger partial charge in [0, 0.05) is 6.07 Å². The fraction of sp³-hybridized carbons (Fsp3) is 0.556. The molecule has 136 valence electrons. The Morgan fingerprint density at radius 2 is 2.08 bits per heavy atom. The summed E-state index contributed by atoms with van der Waals surface area (Å²) in [5.41, 5.74) is 0.228. The van der Waals surface area contributed by atoms with E-state index in [1.807, 2.05) is 0 Å². The van der Waals surface area contributed by atoms with Crippen molar-refractivity contribution < 1.29 is 18.7 Å². The predicted octanol–water partition coefficient (Wildman–Crippen LogP) is 3.18. The van der Waals surface area contributed by atoms with Crippen LogP contribution in [-0.4, -0.2) is 32.8 Å². The highest BCUT2D eigenvalue weighted by Gasteiger charge is 2.35. The number of nitrogens with one attached hydrogen (secondary N) is 1. The fourth-order valence-electron chi connectivity index (χ4n) is 3.09. The number of nitriles is 1. The average Bonchev–Trinajstić information content (AvgIpc) is 3.45. The number of nitrogens with zero attached hydrogens (tertiary/aromatic N) is 1. The van der Waals surface area contributed by atoms with Gasteiger partial charge in [0.05, 0.1) is 24.2 Å². The number of hydrogen-bond acceptors (Lipinski definition) is 5. The minimum Gasteiger partial charge on any atom is -0.492 e. The molecule has 1 aliphatic heterocycles. The summed E-state index contributed by atoms with van der Waals surface area (Å²) in [6.45, 7) is 1.80. The van der Waals surface area contributed by atoms with Gasteiger partial charge >= 0.3 is 5.97 Å². The average molecular weight is 369 g/mol. The van der Waals surface area contributed by atoms with E-state index in [1.165, 1.54) is 19.2 Å². The van der Waals surface area contributed by atoms with Gasteiger partial charge < -0.3 is 14.8 Å². The van der Waals surface area contributed by atoms with Crippen LogP contribution in [0.2, 0.25) is 0 Å². The van der Waals surface area contributed by atoms with Gasteiger partial charge in [-0.15, -0.1) is 12.4 Å². The zero-order valence-electron chi connectivity index (χ0n) is 14.1. The van der Waals surface area contributed by atoms with Gasteiger partial charge in [-0.25, -0.2) is 9.18 Å². The Hall–Kier alpha value is -1.84. The van der Waals surface area contributed by atoms with Crippen LogP contribution in [0.4, 0.5) is 4.39 Å². The Kier molecular flexibility index (Phi) is 6.26. The number of piperidine rings is 1. The van der Waals surface area contributed by atoms with Gasteiger partial charge in [0.2, 0.25) is 0 Å². The number of ether oxygens (including phenoxy) is 2. The summed E-state index contributed by atoms with van der Waals surface area (Å²) in [4.78, 5) is 11.7. The molecular formula is C18H22ClFN2O3. The summed E-state index contributed by atoms with van der Waals surface area (Å²) in [7, 11) is 1.23. The molecule has 0 amide bonds. The molecule has 1 heterocycles. The van der Waals surface area contributed by atoms with Crippen molar-refractivity contribution in [2.75, 3.05) is 26.8 Å².